The van der Waals surface area contributed by atoms with E-state index in [-0.39, 0.29) is 18.8 Å². The highest BCUT2D eigenvalue weighted by atomic mass is 32.2. The predicted molar refractivity (Wildman–Crippen MR) is 85.0 cm³/mol. The monoisotopic (exact) mass is 446 g/mol. The number of pyridine rings is 1. The number of hydrogen-bond donors (Lipinski definition) is 0. The van der Waals surface area contributed by atoms with E-state index in [9.17, 15) is 39.9 Å². The zero-order valence-electron chi connectivity index (χ0n) is 14.4. The van der Waals surface area contributed by atoms with E-state index in [2.05, 4.69) is 9.72 Å². The fourth-order valence-electron chi connectivity index (χ4n) is 3.33. The molecule has 0 aromatic carbocycles. The average molecular weight is 446 g/mol. The Morgan fingerprint density at radius 1 is 1.28 bits per heavy atom. The minimum absolute atomic E-state index is 0.227. The molecule has 1 atom stereocenters. The Labute approximate surface area is 163 Å². The molecule has 1 aliphatic carbocycles. The maximum atomic E-state index is 12.5. The molecule has 0 spiro atoms. The van der Waals surface area contributed by atoms with Crippen LogP contribution in [0.4, 0.5) is 36.8 Å². The van der Waals surface area contributed by atoms with Crippen LogP contribution in [0.15, 0.2) is 24.5 Å². The fourth-order valence-corrected chi connectivity index (χ4v) is 4.24. The summed E-state index contributed by atoms with van der Waals surface area (Å²) in [6.45, 7) is -0.454. The molecule has 2 fully saturated rings. The van der Waals surface area contributed by atoms with Crippen LogP contribution in [0.5, 0.6) is 0 Å². The molecule has 2 heterocycles. The molecule has 1 aromatic heterocycles. The van der Waals surface area contributed by atoms with Crippen molar-refractivity contribution in [2.75, 3.05) is 17.4 Å². The lowest BCUT2D eigenvalue weighted by Crippen LogP contribution is -2.61. The van der Waals surface area contributed by atoms with Gasteiger partial charge in [0.1, 0.15) is 0 Å². The molecule has 0 radical (unpaired) electrons. The van der Waals surface area contributed by atoms with Gasteiger partial charge in [0.15, 0.2) is 0 Å². The van der Waals surface area contributed by atoms with Gasteiger partial charge in [0.2, 0.25) is 0 Å². The highest BCUT2D eigenvalue weighted by Crippen LogP contribution is 2.53. The number of amides is 1. The molecule has 1 unspecified atom stereocenters. The van der Waals surface area contributed by atoms with Crippen LogP contribution in [-0.2, 0) is 16.0 Å². The molecule has 3 rings (SSSR count). The van der Waals surface area contributed by atoms with Gasteiger partial charge >= 0.3 is 18.4 Å². The highest BCUT2D eigenvalue weighted by Gasteiger charge is 2.62. The number of carbonyl (C=O) groups is 1. The van der Waals surface area contributed by atoms with Gasteiger partial charge in [-0.2, -0.15) is 26.3 Å². The summed E-state index contributed by atoms with van der Waals surface area (Å²) < 4.78 is 103. The van der Waals surface area contributed by atoms with Gasteiger partial charge in [-0.25, -0.2) is 4.79 Å². The molecule has 2 aliphatic rings. The van der Waals surface area contributed by atoms with Crippen molar-refractivity contribution < 1.29 is 44.6 Å². The summed E-state index contributed by atoms with van der Waals surface area (Å²) in [4.78, 5) is 16.3. The first-order chi connectivity index (χ1) is 13.4. The summed E-state index contributed by atoms with van der Waals surface area (Å²) in [5, 5.41) is 0. The second-order valence-electron chi connectivity index (χ2n) is 6.78. The summed E-state index contributed by atoms with van der Waals surface area (Å²) in [5.41, 5.74) is -0.631. The van der Waals surface area contributed by atoms with Crippen LogP contribution in [0, 0.1) is 5.92 Å². The van der Waals surface area contributed by atoms with Gasteiger partial charge in [0, 0.05) is 36.5 Å². The van der Waals surface area contributed by atoms with E-state index in [4.69, 9.17) is 0 Å². The second-order valence-corrected chi connectivity index (χ2v) is 7.57. The van der Waals surface area contributed by atoms with Crippen LogP contribution < -0.4 is 4.31 Å². The third kappa shape index (κ3) is 4.27. The molecule has 1 aromatic rings. The normalized spacial score (nSPS) is 20.2. The Morgan fingerprint density at radius 2 is 1.86 bits per heavy atom. The Kier molecular flexibility index (Phi) is 5.45. The lowest BCUT2D eigenvalue weighted by Gasteiger charge is -2.48. The summed E-state index contributed by atoms with van der Waals surface area (Å²) >= 11 is -2.69. The van der Waals surface area contributed by atoms with Gasteiger partial charge in [-0.15, -0.1) is 0 Å². The number of aromatic nitrogens is 1. The fraction of sp³-hybridized carbons (Fsp3) is 0.600. The van der Waals surface area contributed by atoms with Crippen molar-refractivity contribution in [3.8, 4) is 0 Å². The van der Waals surface area contributed by atoms with Crippen molar-refractivity contribution in [1.82, 2.24) is 9.88 Å². The van der Waals surface area contributed by atoms with E-state index < -0.39 is 47.3 Å². The van der Waals surface area contributed by atoms with Crippen LogP contribution in [0.25, 0.3) is 0 Å². The molecule has 0 N–H and O–H groups in total. The van der Waals surface area contributed by atoms with E-state index in [0.29, 0.717) is 17.7 Å². The van der Waals surface area contributed by atoms with Crippen LogP contribution in [0.1, 0.15) is 12.8 Å². The summed E-state index contributed by atoms with van der Waals surface area (Å²) in [6, 6.07) is 3.02. The quantitative estimate of drug-likeness (QED) is 0.513. The topological polar surface area (TPSA) is 85.8 Å². The van der Waals surface area contributed by atoms with Crippen molar-refractivity contribution in [2.45, 2.75) is 36.8 Å². The lowest BCUT2D eigenvalue weighted by atomic mass is 9.89. The van der Waals surface area contributed by atoms with Crippen LogP contribution in [0.2, 0.25) is 0 Å². The lowest BCUT2D eigenvalue weighted by molar-refractivity contribution is -0.309. The van der Waals surface area contributed by atoms with E-state index >= 15 is 0 Å². The van der Waals surface area contributed by atoms with Crippen molar-refractivity contribution in [3.05, 3.63) is 24.5 Å². The molecule has 0 bridgehead atoms. The third-order valence-corrected chi connectivity index (χ3v) is 5.78. The highest BCUT2D eigenvalue weighted by molar-refractivity contribution is 7.80. The molecule has 7 nitrogen and oxygen atoms in total. The number of rotatable bonds is 5. The molecular weight excluding hydrogens is 432 g/mol. The molecule has 29 heavy (non-hydrogen) atoms. The van der Waals surface area contributed by atoms with Crippen LogP contribution >= 0.6 is 0 Å². The molecule has 14 heteroatoms. The van der Waals surface area contributed by atoms with E-state index in [1.807, 2.05) is 0 Å². The molecular formula is C15H14F6N3O4S-. The van der Waals surface area contributed by atoms with E-state index in [0.717, 1.165) is 4.31 Å². The summed E-state index contributed by atoms with van der Waals surface area (Å²) in [5.74, 6) is -0.469. The van der Waals surface area contributed by atoms with E-state index in [1.54, 1.807) is 0 Å². The minimum Gasteiger partial charge on any atom is -0.755 e. The zero-order valence-corrected chi connectivity index (χ0v) is 15.3. The maximum absolute atomic E-state index is 12.5. The minimum atomic E-state index is -5.80. The zero-order chi connectivity index (χ0) is 21.6. The Morgan fingerprint density at radius 3 is 2.28 bits per heavy atom. The molecule has 162 valence electrons. The van der Waals surface area contributed by atoms with Crippen LogP contribution in [-0.4, -0.2) is 61.8 Å². The largest absolute Gasteiger partial charge is 0.755 e. The van der Waals surface area contributed by atoms with Gasteiger partial charge < -0.3 is 14.2 Å². The first-order valence-electron chi connectivity index (χ1n) is 8.25. The summed E-state index contributed by atoms with van der Waals surface area (Å²) in [6.07, 6.45) is -14.0. The number of nitrogens with zero attached hydrogens (tertiary/aromatic N) is 3. The Hall–Kier alpha value is -2.09. The molecule has 1 saturated heterocycles. The second kappa shape index (κ2) is 7.31. The third-order valence-electron chi connectivity index (χ3n) is 4.91. The van der Waals surface area contributed by atoms with Crippen molar-refractivity contribution in [1.29, 1.82) is 0 Å². The Bertz CT molecular complexity index is 766. The van der Waals surface area contributed by atoms with Crippen molar-refractivity contribution >= 4 is 23.0 Å². The summed E-state index contributed by atoms with van der Waals surface area (Å²) in [7, 11) is 0. The number of hydrogen-bond acceptors (Lipinski definition) is 5. The van der Waals surface area contributed by atoms with Gasteiger partial charge in [0.05, 0.1) is 17.4 Å². The first kappa shape index (κ1) is 21.6. The number of likely N-dealkylation sites (tertiary alicyclic amines) is 1. The molecule has 1 amide bonds. The van der Waals surface area contributed by atoms with Gasteiger partial charge in [0.25, 0.3) is 6.10 Å². The van der Waals surface area contributed by atoms with Gasteiger partial charge in [-0.3, -0.25) is 13.5 Å². The number of anilines is 1. The smallest absolute Gasteiger partial charge is 0.434 e. The average Bonchev–Trinajstić information content (AvgIpc) is 3.30. The number of alkyl halides is 6. The molecule has 1 aliphatic heterocycles. The van der Waals surface area contributed by atoms with Crippen LogP contribution in [0.3, 0.4) is 0 Å². The first-order valence-corrected chi connectivity index (χ1v) is 9.28. The Balaban J connectivity index is 1.67. The maximum Gasteiger partial charge on any atom is 0.434 e. The number of halogens is 6. The van der Waals surface area contributed by atoms with Gasteiger partial charge in [-0.1, -0.05) is 0 Å². The van der Waals surface area contributed by atoms with E-state index in [1.165, 1.54) is 24.5 Å². The number of carbonyl (C=O) groups excluding carboxylic acids is 1. The number of ether oxygens (including phenoxy) is 1. The van der Waals surface area contributed by atoms with Gasteiger partial charge in [-0.05, 0) is 25.0 Å². The van der Waals surface area contributed by atoms with Crippen molar-refractivity contribution in [3.63, 3.8) is 0 Å². The molecule has 1 saturated carbocycles. The standard InChI is InChI=1S/C15H15F6N3O4S/c16-14(17,18)11(15(19,20)21)28-12(25)23-7-9(8-23)13(3-4-13)24(29(26)27)10-2-1-5-22-6-10/h1-2,5-6,9,11H,3-4,7-8H2,(H,26,27)/p-1. The van der Waals surface area contributed by atoms with Crippen molar-refractivity contribution in [2.24, 2.45) is 5.92 Å². The predicted octanol–water partition coefficient (Wildman–Crippen LogP) is 2.78. The SMILES string of the molecule is O=C(OC(C(F)(F)F)C(F)(F)F)N1CC(C2(N(c3cccnc3)S(=O)[O-])CC2)C1.